The molecule has 3 heteroatoms. The Labute approximate surface area is 84.9 Å². The van der Waals surface area contributed by atoms with E-state index in [1.54, 1.807) is 0 Å². The number of hydrogen-bond donors (Lipinski definition) is 1. The van der Waals surface area contributed by atoms with Crippen LogP contribution in [0.25, 0.3) is 0 Å². The van der Waals surface area contributed by atoms with Gasteiger partial charge in [-0.3, -0.25) is 9.88 Å². The van der Waals surface area contributed by atoms with Gasteiger partial charge in [0, 0.05) is 25.2 Å². The Hall–Kier alpha value is -1.09. The maximum Gasteiger partial charge on any atom is 0.0605 e. The zero-order chi connectivity index (χ0) is 10.1. The molecule has 0 atom stereocenters. The van der Waals surface area contributed by atoms with Crippen LogP contribution in [-0.2, 0) is 13.0 Å². The van der Waals surface area contributed by atoms with E-state index in [2.05, 4.69) is 22.9 Å². The number of hydrogen-bond acceptors (Lipinski definition) is 3. The van der Waals surface area contributed by atoms with Crippen LogP contribution in [-0.4, -0.2) is 23.0 Å². The normalized spacial score (nSPS) is 16.7. The molecule has 76 valence electrons. The van der Waals surface area contributed by atoms with Gasteiger partial charge in [-0.25, -0.2) is 0 Å². The van der Waals surface area contributed by atoms with Gasteiger partial charge in [-0.15, -0.1) is 0 Å². The lowest BCUT2D eigenvalue weighted by molar-refractivity contribution is 0.265. The predicted molar refractivity (Wildman–Crippen MR) is 58.0 cm³/mol. The molecule has 2 rings (SSSR count). The van der Waals surface area contributed by atoms with Gasteiger partial charge in [0.15, 0.2) is 0 Å². The molecule has 2 heterocycles. The highest BCUT2D eigenvalue weighted by molar-refractivity contribution is 5.46. The highest BCUT2D eigenvalue weighted by Gasteiger charge is 2.16. The third-order valence-corrected chi connectivity index (χ3v) is 2.93. The van der Waals surface area contributed by atoms with Gasteiger partial charge in [0.1, 0.15) is 0 Å². The van der Waals surface area contributed by atoms with E-state index in [9.17, 15) is 0 Å². The van der Waals surface area contributed by atoms with Crippen LogP contribution < -0.4 is 5.73 Å². The molecular weight excluding hydrogens is 174 g/mol. The lowest BCUT2D eigenvalue weighted by Crippen LogP contribution is -2.31. The molecule has 3 nitrogen and oxygen atoms in total. The number of likely N-dealkylation sites (N-methyl/N-ethyl adjacent to an activating group) is 1. The molecule has 1 aromatic rings. The zero-order valence-corrected chi connectivity index (χ0v) is 8.88. The summed E-state index contributed by atoms with van der Waals surface area (Å²) >= 11 is 0. The van der Waals surface area contributed by atoms with Gasteiger partial charge in [-0.2, -0.15) is 0 Å². The van der Waals surface area contributed by atoms with Crippen LogP contribution in [0.3, 0.4) is 0 Å². The smallest absolute Gasteiger partial charge is 0.0605 e. The molecule has 0 saturated carbocycles. The number of aromatic nitrogens is 1. The minimum Gasteiger partial charge on any atom is -0.397 e. The third kappa shape index (κ3) is 1.60. The van der Waals surface area contributed by atoms with Crippen molar-refractivity contribution in [2.75, 3.05) is 18.8 Å². The Balaban J connectivity index is 2.33. The van der Waals surface area contributed by atoms with E-state index in [4.69, 9.17) is 5.73 Å². The van der Waals surface area contributed by atoms with E-state index in [1.165, 1.54) is 11.3 Å². The molecule has 2 N–H and O–H groups in total. The first-order valence-electron chi connectivity index (χ1n) is 5.18. The number of fused-ring (bicyclic) bond motifs is 1. The maximum absolute atomic E-state index is 5.85. The van der Waals surface area contributed by atoms with Crippen LogP contribution in [0.5, 0.6) is 0 Å². The molecule has 1 aliphatic heterocycles. The number of pyridine rings is 1. The molecule has 0 radical (unpaired) electrons. The Morgan fingerprint density at radius 2 is 2.36 bits per heavy atom. The van der Waals surface area contributed by atoms with Gasteiger partial charge in [0.05, 0.1) is 11.4 Å². The average molecular weight is 191 g/mol. The van der Waals surface area contributed by atoms with Gasteiger partial charge >= 0.3 is 0 Å². The molecule has 0 fully saturated rings. The SMILES string of the molecule is CCN1CCc2nc(C)c(N)cc2C1. The van der Waals surface area contributed by atoms with Crippen molar-refractivity contribution in [3.8, 4) is 0 Å². The molecule has 0 spiro atoms. The summed E-state index contributed by atoms with van der Waals surface area (Å²) in [5, 5.41) is 0. The number of nitrogens with zero attached hydrogens (tertiary/aromatic N) is 2. The van der Waals surface area contributed by atoms with Crippen molar-refractivity contribution in [1.82, 2.24) is 9.88 Å². The highest BCUT2D eigenvalue weighted by atomic mass is 15.1. The molecule has 0 unspecified atom stereocenters. The van der Waals surface area contributed by atoms with Crippen molar-refractivity contribution < 1.29 is 0 Å². The lowest BCUT2D eigenvalue weighted by atomic mass is 10.0. The van der Waals surface area contributed by atoms with E-state index >= 15 is 0 Å². The van der Waals surface area contributed by atoms with Crippen molar-refractivity contribution in [1.29, 1.82) is 0 Å². The molecule has 1 aliphatic rings. The van der Waals surface area contributed by atoms with Crippen molar-refractivity contribution in [2.24, 2.45) is 0 Å². The van der Waals surface area contributed by atoms with Crippen LogP contribution in [0.1, 0.15) is 23.9 Å². The van der Waals surface area contributed by atoms with Gasteiger partial charge in [-0.1, -0.05) is 6.92 Å². The number of aryl methyl sites for hydroxylation is 1. The van der Waals surface area contributed by atoms with E-state index in [0.29, 0.717) is 0 Å². The molecule has 0 aliphatic carbocycles. The van der Waals surface area contributed by atoms with Crippen LogP contribution >= 0.6 is 0 Å². The maximum atomic E-state index is 5.85. The fourth-order valence-electron chi connectivity index (χ4n) is 1.92. The summed E-state index contributed by atoms with van der Waals surface area (Å²) in [4.78, 5) is 6.95. The summed E-state index contributed by atoms with van der Waals surface area (Å²) in [6, 6.07) is 2.08. The Morgan fingerprint density at radius 3 is 3.07 bits per heavy atom. The molecule has 0 aromatic carbocycles. The summed E-state index contributed by atoms with van der Waals surface area (Å²) in [5.41, 5.74) is 10.2. The Kier molecular flexibility index (Phi) is 2.42. The second-order valence-corrected chi connectivity index (χ2v) is 3.89. The minimum atomic E-state index is 0.821. The van der Waals surface area contributed by atoms with E-state index in [-0.39, 0.29) is 0 Å². The minimum absolute atomic E-state index is 0.821. The second kappa shape index (κ2) is 3.58. The van der Waals surface area contributed by atoms with Crippen LogP contribution in [0.4, 0.5) is 5.69 Å². The van der Waals surface area contributed by atoms with Crippen LogP contribution in [0, 0.1) is 6.92 Å². The standard InChI is InChI=1S/C11H17N3/c1-3-14-5-4-11-9(7-14)6-10(12)8(2)13-11/h6H,3-5,7,12H2,1-2H3. The summed E-state index contributed by atoms with van der Waals surface area (Å²) in [6.07, 6.45) is 1.06. The first kappa shape index (κ1) is 9.46. The first-order valence-corrected chi connectivity index (χ1v) is 5.18. The van der Waals surface area contributed by atoms with Crippen LogP contribution in [0.2, 0.25) is 0 Å². The summed E-state index contributed by atoms with van der Waals surface area (Å²) in [6.45, 7) is 7.40. The van der Waals surface area contributed by atoms with Gasteiger partial charge < -0.3 is 5.73 Å². The average Bonchev–Trinajstić information content (AvgIpc) is 2.19. The van der Waals surface area contributed by atoms with Gasteiger partial charge in [-0.05, 0) is 25.1 Å². The van der Waals surface area contributed by atoms with Crippen molar-refractivity contribution in [2.45, 2.75) is 26.8 Å². The third-order valence-electron chi connectivity index (χ3n) is 2.93. The van der Waals surface area contributed by atoms with Crippen molar-refractivity contribution >= 4 is 5.69 Å². The van der Waals surface area contributed by atoms with E-state index < -0.39 is 0 Å². The number of nitrogen functional groups attached to an aromatic ring is 1. The molecule has 0 saturated heterocycles. The quantitative estimate of drug-likeness (QED) is 0.728. The van der Waals surface area contributed by atoms with Crippen molar-refractivity contribution in [3.05, 3.63) is 23.0 Å². The fraction of sp³-hybridized carbons (Fsp3) is 0.545. The summed E-state index contributed by atoms with van der Waals surface area (Å²) in [7, 11) is 0. The van der Waals surface area contributed by atoms with Crippen LogP contribution in [0.15, 0.2) is 6.07 Å². The van der Waals surface area contributed by atoms with E-state index in [1.807, 2.05) is 6.92 Å². The van der Waals surface area contributed by atoms with Gasteiger partial charge in [0.25, 0.3) is 0 Å². The topological polar surface area (TPSA) is 42.2 Å². The number of anilines is 1. The lowest BCUT2D eigenvalue weighted by Gasteiger charge is -2.27. The predicted octanol–water partition coefficient (Wildman–Crippen LogP) is 1.35. The summed E-state index contributed by atoms with van der Waals surface area (Å²) in [5.74, 6) is 0. The van der Waals surface area contributed by atoms with E-state index in [0.717, 1.165) is 37.4 Å². The molecule has 0 bridgehead atoms. The Morgan fingerprint density at radius 1 is 1.57 bits per heavy atom. The molecule has 1 aromatic heterocycles. The largest absolute Gasteiger partial charge is 0.397 e. The summed E-state index contributed by atoms with van der Waals surface area (Å²) < 4.78 is 0. The highest BCUT2D eigenvalue weighted by Crippen LogP contribution is 2.20. The first-order chi connectivity index (χ1) is 6.70. The Bertz CT molecular complexity index is 347. The molecule has 14 heavy (non-hydrogen) atoms. The number of rotatable bonds is 1. The fourth-order valence-corrected chi connectivity index (χ4v) is 1.92. The zero-order valence-electron chi connectivity index (χ0n) is 8.88. The second-order valence-electron chi connectivity index (χ2n) is 3.89. The number of nitrogens with two attached hydrogens (primary N) is 1. The molecular formula is C11H17N3. The van der Waals surface area contributed by atoms with Crippen molar-refractivity contribution in [3.63, 3.8) is 0 Å². The monoisotopic (exact) mass is 191 g/mol. The van der Waals surface area contributed by atoms with Gasteiger partial charge in [0.2, 0.25) is 0 Å². The molecule has 0 amide bonds.